The first-order valence-electron chi connectivity index (χ1n) is 11.9. The Balaban J connectivity index is 1.60. The molecule has 1 fully saturated rings. The maximum absolute atomic E-state index is 13.8. The Bertz CT molecular complexity index is 1200. The third-order valence-electron chi connectivity index (χ3n) is 6.99. The summed E-state index contributed by atoms with van der Waals surface area (Å²) in [6.45, 7) is 5.77. The Morgan fingerprint density at radius 2 is 1.89 bits per heavy atom. The molecule has 2 heterocycles. The minimum Gasteiger partial charge on any atom is -0.341 e. The number of hydrogen-bond donors (Lipinski definition) is 2. The van der Waals surface area contributed by atoms with Gasteiger partial charge in [-0.05, 0) is 42.5 Å². The molecule has 1 saturated heterocycles. The van der Waals surface area contributed by atoms with Crippen molar-refractivity contribution in [3.05, 3.63) is 71.8 Å². The van der Waals surface area contributed by atoms with Gasteiger partial charge in [-0.3, -0.25) is 14.4 Å². The van der Waals surface area contributed by atoms with Gasteiger partial charge in [0.2, 0.25) is 17.7 Å². The molecule has 1 unspecified atom stereocenters. The van der Waals surface area contributed by atoms with Crippen molar-refractivity contribution in [2.75, 3.05) is 5.32 Å². The molecule has 2 aliphatic rings. The molecule has 180 valence electrons. The number of benzene rings is 2. The fraction of sp³-hybridized carbons (Fsp3) is 0.357. The molecule has 4 rings (SSSR count). The molecule has 2 N–H and O–H groups in total. The number of fused-ring (bicyclic) bond motifs is 2. The lowest BCUT2D eigenvalue weighted by Crippen LogP contribution is -2.54. The maximum atomic E-state index is 13.8. The first-order chi connectivity index (χ1) is 16.8. The molecule has 7 heteroatoms. The minimum absolute atomic E-state index is 0.130. The van der Waals surface area contributed by atoms with E-state index in [9.17, 15) is 19.6 Å². The van der Waals surface area contributed by atoms with Crippen LogP contribution in [-0.2, 0) is 19.8 Å². The molecule has 0 bridgehead atoms. The topological polar surface area (TPSA) is 102 Å². The molecule has 0 aliphatic carbocycles. The summed E-state index contributed by atoms with van der Waals surface area (Å²) >= 11 is 0. The van der Waals surface area contributed by atoms with E-state index in [-0.39, 0.29) is 30.1 Å². The summed E-state index contributed by atoms with van der Waals surface area (Å²) in [4.78, 5) is 41.3. The Morgan fingerprint density at radius 3 is 2.57 bits per heavy atom. The second kappa shape index (κ2) is 9.75. The average Bonchev–Trinajstić information content (AvgIpc) is 3.31. The van der Waals surface area contributed by atoms with Gasteiger partial charge in [0, 0.05) is 24.2 Å². The zero-order valence-electron chi connectivity index (χ0n) is 20.2. The number of carbonyl (C=O) groups excluding carboxylic acids is 3. The first kappa shape index (κ1) is 24.2. The molecule has 2 aliphatic heterocycles. The van der Waals surface area contributed by atoms with E-state index in [0.717, 1.165) is 11.1 Å². The van der Waals surface area contributed by atoms with E-state index in [1.165, 1.54) is 11.0 Å². The van der Waals surface area contributed by atoms with Crippen molar-refractivity contribution in [1.82, 2.24) is 10.2 Å². The third kappa shape index (κ3) is 4.44. The summed E-state index contributed by atoms with van der Waals surface area (Å²) in [5.74, 6) is -0.789. The number of nitriles is 1. The van der Waals surface area contributed by atoms with Gasteiger partial charge in [0.15, 0.2) is 0 Å². The van der Waals surface area contributed by atoms with Crippen LogP contribution in [0.25, 0.3) is 6.08 Å². The highest BCUT2D eigenvalue weighted by Gasteiger charge is 2.61. The highest BCUT2D eigenvalue weighted by molar-refractivity contribution is 6.08. The number of para-hydroxylation sites is 1. The quantitative estimate of drug-likeness (QED) is 0.630. The number of carbonyl (C=O) groups is 3. The number of hydrogen-bond acceptors (Lipinski definition) is 4. The molecular formula is C28H30N4O3. The molecule has 0 aromatic heterocycles. The molecule has 3 amide bonds. The fourth-order valence-corrected chi connectivity index (χ4v) is 5.32. The molecule has 2 aromatic carbocycles. The summed E-state index contributed by atoms with van der Waals surface area (Å²) in [6, 6.07) is 17.0. The number of nitrogens with one attached hydrogen (secondary N) is 2. The predicted octanol–water partition coefficient (Wildman–Crippen LogP) is 3.63. The zero-order valence-corrected chi connectivity index (χ0v) is 20.2. The van der Waals surface area contributed by atoms with Crippen LogP contribution in [0.3, 0.4) is 0 Å². The number of nitrogens with zero attached hydrogens (tertiary/aromatic N) is 2. The Hall–Kier alpha value is -3.92. The van der Waals surface area contributed by atoms with Crippen molar-refractivity contribution in [1.29, 1.82) is 5.26 Å². The average molecular weight is 471 g/mol. The summed E-state index contributed by atoms with van der Waals surface area (Å²) in [7, 11) is 0. The van der Waals surface area contributed by atoms with Gasteiger partial charge in [-0.2, -0.15) is 5.26 Å². The highest BCUT2D eigenvalue weighted by Crippen LogP contribution is 2.50. The molecule has 2 aromatic rings. The number of likely N-dealkylation sites (tertiary alicyclic amines) is 1. The lowest BCUT2D eigenvalue weighted by Gasteiger charge is -2.34. The molecule has 7 nitrogen and oxygen atoms in total. The smallest absolute Gasteiger partial charge is 0.246 e. The lowest BCUT2D eigenvalue weighted by atomic mass is 9.75. The molecule has 4 atom stereocenters. The Morgan fingerprint density at radius 1 is 1.20 bits per heavy atom. The van der Waals surface area contributed by atoms with E-state index in [1.807, 2.05) is 75.4 Å². The largest absolute Gasteiger partial charge is 0.341 e. The van der Waals surface area contributed by atoms with Crippen LogP contribution in [-0.4, -0.2) is 40.7 Å². The summed E-state index contributed by atoms with van der Waals surface area (Å²) in [5.41, 5.74) is 1.41. The molecule has 35 heavy (non-hydrogen) atoms. The standard InChI is InChI=1S/C28H30N4O3/c1-18(2)15-24(30-25(33)14-13-20-9-5-4-6-10-20)26(34)32-19(3)28(16-21(32)17-29)22-11-7-8-12-23(22)31-27(28)35/h4-14,18-19,21,24H,15-16H2,1-3H3,(H,30,33)(H,31,35)/t19?,21-,24-,28-/m0/s1. The normalized spacial score (nSPS) is 23.9. The molecule has 0 saturated carbocycles. The van der Waals surface area contributed by atoms with Crippen LogP contribution >= 0.6 is 0 Å². The van der Waals surface area contributed by atoms with Gasteiger partial charge in [-0.1, -0.05) is 62.4 Å². The summed E-state index contributed by atoms with van der Waals surface area (Å²) in [5, 5.41) is 15.7. The third-order valence-corrected chi connectivity index (χ3v) is 6.99. The Kier molecular flexibility index (Phi) is 6.74. The molecule has 1 spiro atoms. The van der Waals surface area contributed by atoms with Crippen LogP contribution in [0.2, 0.25) is 0 Å². The second-order valence-corrected chi connectivity index (χ2v) is 9.68. The van der Waals surface area contributed by atoms with Crippen LogP contribution in [0.5, 0.6) is 0 Å². The predicted molar refractivity (Wildman–Crippen MR) is 134 cm³/mol. The van der Waals surface area contributed by atoms with Crippen LogP contribution in [0.4, 0.5) is 5.69 Å². The van der Waals surface area contributed by atoms with E-state index < -0.39 is 23.5 Å². The lowest BCUT2D eigenvalue weighted by molar-refractivity contribution is -0.138. The van der Waals surface area contributed by atoms with Gasteiger partial charge in [0.25, 0.3) is 0 Å². The molecule has 0 radical (unpaired) electrons. The van der Waals surface area contributed by atoms with Crippen molar-refractivity contribution in [3.8, 4) is 6.07 Å². The number of rotatable bonds is 6. The van der Waals surface area contributed by atoms with Crippen molar-refractivity contribution in [2.24, 2.45) is 5.92 Å². The van der Waals surface area contributed by atoms with Crippen LogP contribution in [0.1, 0.15) is 44.7 Å². The second-order valence-electron chi connectivity index (χ2n) is 9.68. The number of anilines is 1. The Labute approximate surface area is 205 Å². The van der Waals surface area contributed by atoms with E-state index in [1.54, 1.807) is 6.08 Å². The van der Waals surface area contributed by atoms with Gasteiger partial charge in [-0.15, -0.1) is 0 Å². The van der Waals surface area contributed by atoms with Gasteiger partial charge < -0.3 is 15.5 Å². The van der Waals surface area contributed by atoms with Gasteiger partial charge in [0.1, 0.15) is 12.1 Å². The summed E-state index contributed by atoms with van der Waals surface area (Å²) < 4.78 is 0. The van der Waals surface area contributed by atoms with Crippen molar-refractivity contribution in [2.45, 2.75) is 57.2 Å². The fourth-order valence-electron chi connectivity index (χ4n) is 5.32. The van der Waals surface area contributed by atoms with Crippen LogP contribution in [0.15, 0.2) is 60.7 Å². The van der Waals surface area contributed by atoms with Crippen LogP contribution in [0, 0.1) is 17.2 Å². The first-order valence-corrected chi connectivity index (χ1v) is 11.9. The monoisotopic (exact) mass is 470 g/mol. The summed E-state index contributed by atoms with van der Waals surface area (Å²) in [6.07, 6.45) is 3.74. The van der Waals surface area contributed by atoms with Crippen molar-refractivity contribution < 1.29 is 14.4 Å². The van der Waals surface area contributed by atoms with Crippen molar-refractivity contribution in [3.63, 3.8) is 0 Å². The van der Waals surface area contributed by atoms with Gasteiger partial charge in [-0.25, -0.2) is 0 Å². The van der Waals surface area contributed by atoms with Crippen molar-refractivity contribution >= 4 is 29.5 Å². The van der Waals surface area contributed by atoms with Crippen LogP contribution < -0.4 is 10.6 Å². The van der Waals surface area contributed by atoms with Gasteiger partial charge >= 0.3 is 0 Å². The minimum atomic E-state index is -0.994. The van der Waals surface area contributed by atoms with E-state index in [2.05, 4.69) is 16.7 Å². The maximum Gasteiger partial charge on any atom is 0.246 e. The highest BCUT2D eigenvalue weighted by atomic mass is 16.2. The van der Waals surface area contributed by atoms with E-state index in [0.29, 0.717) is 12.1 Å². The van der Waals surface area contributed by atoms with Gasteiger partial charge in [0.05, 0.1) is 11.5 Å². The number of amides is 3. The SMILES string of the molecule is CC(C)C[C@H](NC(=O)C=Cc1ccccc1)C(=O)N1C(C)[C@]2(C[C@H]1C#N)C(=O)Nc1ccccc12. The molecular weight excluding hydrogens is 440 g/mol. The zero-order chi connectivity index (χ0) is 25.2. The van der Waals surface area contributed by atoms with E-state index >= 15 is 0 Å². The van der Waals surface area contributed by atoms with E-state index in [4.69, 9.17) is 0 Å².